The Morgan fingerprint density at radius 2 is 1.25 bits per heavy atom. The van der Waals surface area contributed by atoms with Crippen molar-refractivity contribution in [2.24, 2.45) is 0 Å². The SMILES string of the molecule is CC.CC.CC(C)=CI.Cc1ccccc1. The molecule has 0 aromatic heterocycles. The summed E-state index contributed by atoms with van der Waals surface area (Å²) in [5.41, 5.74) is 2.69. The molecule has 0 atom stereocenters. The zero-order valence-electron chi connectivity index (χ0n) is 11.8. The molecule has 0 aliphatic rings. The third-order valence-corrected chi connectivity index (χ3v) is 2.40. The minimum absolute atomic E-state index is 1.32. The lowest BCUT2D eigenvalue weighted by Gasteiger charge is -1.82. The van der Waals surface area contributed by atoms with Crippen LogP contribution in [-0.2, 0) is 0 Å². The molecule has 16 heavy (non-hydrogen) atoms. The van der Waals surface area contributed by atoms with Gasteiger partial charge in [0.05, 0.1) is 0 Å². The molecule has 0 fully saturated rings. The molecule has 0 amide bonds. The standard InChI is InChI=1S/C7H8.C4H7I.2C2H6/c1-7-5-3-2-4-6-7;1-4(2)3-5;2*1-2/h2-6H,1H3;3H,1-2H3;2*1-2H3. The van der Waals surface area contributed by atoms with Crippen LogP contribution in [0.25, 0.3) is 0 Å². The fraction of sp³-hybridized carbons (Fsp3) is 0.467. The largest absolute Gasteiger partial charge is 0.0704 e. The third kappa shape index (κ3) is 23.5. The maximum atomic E-state index is 2.22. The Bertz CT molecular complexity index is 220. The highest BCUT2D eigenvalue weighted by molar-refractivity contribution is 14.1. The zero-order chi connectivity index (χ0) is 13.4. The van der Waals surface area contributed by atoms with Crippen LogP contribution in [0.2, 0.25) is 0 Å². The summed E-state index contributed by atoms with van der Waals surface area (Å²) in [6.07, 6.45) is 0. The lowest BCUT2D eigenvalue weighted by atomic mass is 10.2. The number of rotatable bonds is 0. The van der Waals surface area contributed by atoms with E-state index < -0.39 is 0 Å². The fourth-order valence-corrected chi connectivity index (χ4v) is 0.534. The van der Waals surface area contributed by atoms with Crippen molar-refractivity contribution in [2.45, 2.75) is 48.5 Å². The van der Waals surface area contributed by atoms with Crippen LogP contribution in [0.1, 0.15) is 47.1 Å². The van der Waals surface area contributed by atoms with Crippen molar-refractivity contribution in [1.82, 2.24) is 0 Å². The van der Waals surface area contributed by atoms with Gasteiger partial charge >= 0.3 is 0 Å². The molecule has 1 rings (SSSR count). The van der Waals surface area contributed by atoms with Gasteiger partial charge in [-0.25, -0.2) is 0 Å². The molecule has 0 aliphatic carbocycles. The Morgan fingerprint density at radius 1 is 0.938 bits per heavy atom. The molecule has 0 saturated carbocycles. The maximum absolute atomic E-state index is 2.22. The van der Waals surface area contributed by atoms with Crippen molar-refractivity contribution in [2.75, 3.05) is 0 Å². The van der Waals surface area contributed by atoms with Crippen LogP contribution in [0.15, 0.2) is 40.0 Å². The van der Waals surface area contributed by atoms with Gasteiger partial charge in [0.25, 0.3) is 0 Å². The highest BCUT2D eigenvalue weighted by Gasteiger charge is 1.72. The number of benzene rings is 1. The van der Waals surface area contributed by atoms with Crippen molar-refractivity contribution in [1.29, 1.82) is 0 Å². The molecule has 0 saturated heterocycles. The van der Waals surface area contributed by atoms with Crippen molar-refractivity contribution < 1.29 is 0 Å². The maximum Gasteiger partial charge on any atom is -0.0247 e. The van der Waals surface area contributed by atoms with Crippen LogP contribution in [0.3, 0.4) is 0 Å². The number of halogens is 1. The quantitative estimate of drug-likeness (QED) is 0.482. The van der Waals surface area contributed by atoms with Crippen LogP contribution in [-0.4, -0.2) is 0 Å². The second-order valence-electron chi connectivity index (χ2n) is 2.84. The Hall–Kier alpha value is -0.310. The molecule has 94 valence electrons. The molecular formula is C15H27I. The van der Waals surface area contributed by atoms with E-state index in [4.69, 9.17) is 0 Å². The van der Waals surface area contributed by atoms with E-state index in [1.54, 1.807) is 0 Å². The second-order valence-corrected chi connectivity index (χ2v) is 3.46. The summed E-state index contributed by atoms with van der Waals surface area (Å²) in [4.78, 5) is 0. The van der Waals surface area contributed by atoms with Crippen molar-refractivity contribution in [3.8, 4) is 0 Å². The van der Waals surface area contributed by atoms with Crippen LogP contribution in [0.4, 0.5) is 0 Å². The summed E-state index contributed by atoms with van der Waals surface area (Å²) in [5.74, 6) is 0. The van der Waals surface area contributed by atoms with E-state index in [9.17, 15) is 0 Å². The molecule has 1 aromatic carbocycles. The predicted octanol–water partition coefficient (Wildman–Crippen LogP) is 6.39. The van der Waals surface area contributed by atoms with Gasteiger partial charge < -0.3 is 0 Å². The van der Waals surface area contributed by atoms with Crippen molar-refractivity contribution >= 4 is 22.6 Å². The van der Waals surface area contributed by atoms with Crippen LogP contribution in [0, 0.1) is 6.92 Å². The number of hydrogen-bond donors (Lipinski definition) is 0. The van der Waals surface area contributed by atoms with Crippen molar-refractivity contribution in [3.63, 3.8) is 0 Å². The molecule has 0 N–H and O–H groups in total. The molecule has 0 unspecified atom stereocenters. The first kappa shape index (κ1) is 21.0. The lowest BCUT2D eigenvalue weighted by Crippen LogP contribution is -1.62. The molecule has 0 spiro atoms. The minimum atomic E-state index is 1.32. The molecular weight excluding hydrogens is 307 g/mol. The summed E-state index contributed by atoms with van der Waals surface area (Å²) in [5, 5.41) is 0. The molecule has 0 bridgehead atoms. The number of hydrogen-bond acceptors (Lipinski definition) is 0. The Kier molecular flexibility index (Phi) is 26.5. The van der Waals surface area contributed by atoms with E-state index in [0.717, 1.165) is 0 Å². The molecule has 0 aliphatic heterocycles. The van der Waals surface area contributed by atoms with Gasteiger partial charge in [0, 0.05) is 0 Å². The fourth-order valence-electron chi connectivity index (χ4n) is 0.534. The monoisotopic (exact) mass is 334 g/mol. The number of aryl methyl sites for hydroxylation is 1. The summed E-state index contributed by atoms with van der Waals surface area (Å²) in [6.45, 7) is 14.2. The van der Waals surface area contributed by atoms with E-state index in [-0.39, 0.29) is 0 Å². The zero-order valence-corrected chi connectivity index (χ0v) is 14.0. The summed E-state index contributed by atoms with van der Waals surface area (Å²) >= 11 is 2.22. The molecule has 0 radical (unpaired) electrons. The predicted molar refractivity (Wildman–Crippen MR) is 87.3 cm³/mol. The topological polar surface area (TPSA) is 0 Å². The van der Waals surface area contributed by atoms with Crippen LogP contribution >= 0.6 is 22.6 Å². The molecule has 0 nitrogen and oxygen atoms in total. The van der Waals surface area contributed by atoms with E-state index in [2.05, 4.69) is 59.6 Å². The smallest absolute Gasteiger partial charge is 0.0247 e. The molecule has 1 heteroatoms. The van der Waals surface area contributed by atoms with E-state index >= 15 is 0 Å². The Balaban J connectivity index is -0.000000167. The Morgan fingerprint density at radius 3 is 1.38 bits per heavy atom. The van der Waals surface area contributed by atoms with Gasteiger partial charge in [-0.3, -0.25) is 0 Å². The summed E-state index contributed by atoms with van der Waals surface area (Å²) in [6, 6.07) is 10.3. The van der Waals surface area contributed by atoms with Gasteiger partial charge in [-0.15, -0.1) is 0 Å². The van der Waals surface area contributed by atoms with Crippen LogP contribution in [0.5, 0.6) is 0 Å². The van der Waals surface area contributed by atoms with Gasteiger partial charge in [-0.1, -0.05) is 91.8 Å². The van der Waals surface area contributed by atoms with Gasteiger partial charge in [0.15, 0.2) is 0 Å². The van der Waals surface area contributed by atoms with Gasteiger partial charge in [-0.05, 0) is 24.9 Å². The average molecular weight is 334 g/mol. The second kappa shape index (κ2) is 20.1. The Labute approximate surface area is 116 Å². The highest BCUT2D eigenvalue weighted by Crippen LogP contribution is 1.92. The van der Waals surface area contributed by atoms with Gasteiger partial charge in [0.1, 0.15) is 0 Å². The highest BCUT2D eigenvalue weighted by atomic mass is 127. The molecule has 0 heterocycles. The minimum Gasteiger partial charge on any atom is -0.0704 e. The van der Waals surface area contributed by atoms with E-state index in [0.29, 0.717) is 0 Å². The van der Waals surface area contributed by atoms with E-state index in [1.165, 1.54) is 11.1 Å². The number of allylic oxidation sites excluding steroid dienone is 1. The third-order valence-electron chi connectivity index (χ3n) is 1.16. The normalized spacial score (nSPS) is 6.75. The van der Waals surface area contributed by atoms with Crippen molar-refractivity contribution in [3.05, 3.63) is 45.6 Å². The first-order chi connectivity index (χ1) is 7.66. The van der Waals surface area contributed by atoms with Gasteiger partial charge in [0.2, 0.25) is 0 Å². The van der Waals surface area contributed by atoms with Crippen LogP contribution < -0.4 is 0 Å². The van der Waals surface area contributed by atoms with E-state index in [1.807, 2.05) is 45.9 Å². The first-order valence-electron chi connectivity index (χ1n) is 5.92. The lowest BCUT2D eigenvalue weighted by molar-refractivity contribution is 1.42. The summed E-state index contributed by atoms with van der Waals surface area (Å²) < 4.78 is 2.05. The average Bonchev–Trinajstić information content (AvgIpc) is 2.36. The van der Waals surface area contributed by atoms with Gasteiger partial charge in [-0.2, -0.15) is 0 Å². The first-order valence-corrected chi connectivity index (χ1v) is 7.16. The molecule has 1 aromatic rings. The summed E-state index contributed by atoms with van der Waals surface area (Å²) in [7, 11) is 0.